The molecule has 2 aliphatic rings. The average molecular weight is 378 g/mol. The van der Waals surface area contributed by atoms with Crippen LogP contribution in [0, 0.1) is 18.8 Å². The van der Waals surface area contributed by atoms with Crippen molar-refractivity contribution in [1.82, 2.24) is 9.80 Å². The third-order valence-electron chi connectivity index (χ3n) is 6.51. The smallest absolute Gasteiger partial charge is 0.219 e. The fourth-order valence-electron chi connectivity index (χ4n) is 5.14. The van der Waals surface area contributed by atoms with Gasteiger partial charge in [-0.2, -0.15) is 0 Å². The van der Waals surface area contributed by atoms with Crippen molar-refractivity contribution in [2.75, 3.05) is 26.2 Å². The molecular formula is C24H31N3O. The number of amides is 1. The molecule has 2 aliphatic heterocycles. The van der Waals surface area contributed by atoms with E-state index in [4.69, 9.17) is 5.73 Å². The van der Waals surface area contributed by atoms with Crippen LogP contribution in [-0.4, -0.2) is 41.9 Å². The molecule has 0 saturated carbocycles. The van der Waals surface area contributed by atoms with Crippen molar-refractivity contribution in [3.8, 4) is 0 Å². The molecule has 2 heterocycles. The van der Waals surface area contributed by atoms with Gasteiger partial charge in [0.2, 0.25) is 5.91 Å². The summed E-state index contributed by atoms with van der Waals surface area (Å²) < 4.78 is 0. The van der Waals surface area contributed by atoms with Crippen LogP contribution in [0.15, 0.2) is 48.5 Å². The lowest BCUT2D eigenvalue weighted by Crippen LogP contribution is -2.34. The predicted molar refractivity (Wildman–Crippen MR) is 113 cm³/mol. The maximum absolute atomic E-state index is 12.3. The highest BCUT2D eigenvalue weighted by Crippen LogP contribution is 2.46. The first kappa shape index (κ1) is 19.2. The highest BCUT2D eigenvalue weighted by molar-refractivity contribution is 5.74. The van der Waals surface area contributed by atoms with Crippen LogP contribution in [0.5, 0.6) is 0 Å². The lowest BCUT2D eigenvalue weighted by Gasteiger charge is -2.30. The van der Waals surface area contributed by atoms with Crippen molar-refractivity contribution in [3.05, 3.63) is 70.8 Å². The molecule has 0 aliphatic carbocycles. The molecule has 0 aromatic heterocycles. The molecule has 4 nitrogen and oxygen atoms in total. The molecule has 2 saturated heterocycles. The van der Waals surface area contributed by atoms with Gasteiger partial charge in [0.05, 0.1) is 6.04 Å². The number of nitrogens with two attached hydrogens (primary N) is 1. The standard InChI is InChI=1S/C24H31N3O/c1-17-5-3-4-6-22(17)24-23-16-26(14-21(23)15-27(24)18(2)28)13-20-9-7-19(8-10-20)11-12-25/h3-10,21,23-24H,11-16,25H2,1-2H3/t21-,23-,24+/m1/s1. The average Bonchev–Trinajstić information content (AvgIpc) is 3.21. The molecule has 2 aromatic carbocycles. The van der Waals surface area contributed by atoms with Crippen LogP contribution in [0.4, 0.5) is 0 Å². The number of rotatable bonds is 5. The van der Waals surface area contributed by atoms with Crippen LogP contribution >= 0.6 is 0 Å². The number of hydrogen-bond donors (Lipinski definition) is 1. The monoisotopic (exact) mass is 377 g/mol. The van der Waals surface area contributed by atoms with Gasteiger partial charge in [-0.1, -0.05) is 48.5 Å². The number of nitrogens with zero attached hydrogens (tertiary/aromatic N) is 2. The maximum Gasteiger partial charge on any atom is 0.219 e. The molecular weight excluding hydrogens is 346 g/mol. The zero-order valence-electron chi connectivity index (χ0n) is 17.0. The molecule has 148 valence electrons. The fraction of sp³-hybridized carbons (Fsp3) is 0.458. The summed E-state index contributed by atoms with van der Waals surface area (Å²) >= 11 is 0. The van der Waals surface area contributed by atoms with Crippen molar-refractivity contribution in [1.29, 1.82) is 0 Å². The van der Waals surface area contributed by atoms with Gasteiger partial charge in [0.25, 0.3) is 0 Å². The van der Waals surface area contributed by atoms with E-state index >= 15 is 0 Å². The second-order valence-corrected chi connectivity index (χ2v) is 8.45. The van der Waals surface area contributed by atoms with Gasteiger partial charge < -0.3 is 10.6 Å². The molecule has 2 aromatic rings. The Balaban J connectivity index is 1.50. The van der Waals surface area contributed by atoms with Crippen LogP contribution in [0.25, 0.3) is 0 Å². The summed E-state index contributed by atoms with van der Waals surface area (Å²) in [7, 11) is 0. The van der Waals surface area contributed by atoms with Crippen molar-refractivity contribution in [2.45, 2.75) is 32.9 Å². The Morgan fingerprint density at radius 3 is 2.43 bits per heavy atom. The summed E-state index contributed by atoms with van der Waals surface area (Å²) in [6.07, 6.45) is 0.938. The van der Waals surface area contributed by atoms with E-state index in [0.29, 0.717) is 18.4 Å². The van der Waals surface area contributed by atoms with Gasteiger partial charge in [0.1, 0.15) is 0 Å². The first-order valence-electron chi connectivity index (χ1n) is 10.4. The highest BCUT2D eigenvalue weighted by Gasteiger charge is 2.48. The summed E-state index contributed by atoms with van der Waals surface area (Å²) in [4.78, 5) is 17.0. The van der Waals surface area contributed by atoms with Crippen LogP contribution in [-0.2, 0) is 17.8 Å². The molecule has 4 rings (SSSR count). The van der Waals surface area contributed by atoms with Gasteiger partial charge >= 0.3 is 0 Å². The second kappa shape index (κ2) is 8.06. The van der Waals surface area contributed by atoms with Gasteiger partial charge in [0, 0.05) is 39.0 Å². The molecule has 4 heteroatoms. The third-order valence-corrected chi connectivity index (χ3v) is 6.51. The van der Waals surface area contributed by atoms with E-state index in [0.717, 1.165) is 32.6 Å². The Kier molecular flexibility index (Phi) is 5.51. The molecule has 0 unspecified atom stereocenters. The minimum atomic E-state index is 0.199. The van der Waals surface area contributed by atoms with Gasteiger partial charge in [-0.05, 0) is 48.1 Å². The van der Waals surface area contributed by atoms with Crippen LogP contribution in [0.1, 0.15) is 35.2 Å². The number of carbonyl (C=O) groups excluding carboxylic acids is 1. The van der Waals surface area contributed by atoms with E-state index in [2.05, 4.69) is 65.3 Å². The lowest BCUT2D eigenvalue weighted by molar-refractivity contribution is -0.130. The Bertz CT molecular complexity index is 832. The molecule has 3 atom stereocenters. The minimum absolute atomic E-state index is 0.199. The normalized spacial score (nSPS) is 24.5. The zero-order valence-corrected chi connectivity index (χ0v) is 17.0. The topological polar surface area (TPSA) is 49.6 Å². The largest absolute Gasteiger partial charge is 0.335 e. The maximum atomic E-state index is 12.3. The Morgan fingerprint density at radius 2 is 1.75 bits per heavy atom. The summed E-state index contributed by atoms with van der Waals surface area (Å²) in [6.45, 7) is 8.56. The Hall–Kier alpha value is -2.17. The summed E-state index contributed by atoms with van der Waals surface area (Å²) in [5.41, 5.74) is 10.9. The Labute approximate surface area is 168 Å². The number of fused-ring (bicyclic) bond motifs is 1. The molecule has 28 heavy (non-hydrogen) atoms. The summed E-state index contributed by atoms with van der Waals surface area (Å²) in [6, 6.07) is 17.6. The Morgan fingerprint density at radius 1 is 1.04 bits per heavy atom. The number of hydrogen-bond acceptors (Lipinski definition) is 3. The number of benzene rings is 2. The van der Waals surface area contributed by atoms with E-state index in [1.807, 2.05) is 0 Å². The van der Waals surface area contributed by atoms with Crippen LogP contribution < -0.4 is 5.73 Å². The molecule has 2 fully saturated rings. The highest BCUT2D eigenvalue weighted by atomic mass is 16.2. The number of carbonyl (C=O) groups is 1. The van der Waals surface area contributed by atoms with Crippen molar-refractivity contribution in [3.63, 3.8) is 0 Å². The first-order chi connectivity index (χ1) is 13.6. The van der Waals surface area contributed by atoms with Crippen LogP contribution in [0.3, 0.4) is 0 Å². The molecule has 0 bridgehead atoms. The van der Waals surface area contributed by atoms with Crippen molar-refractivity contribution >= 4 is 5.91 Å². The molecule has 2 N–H and O–H groups in total. The first-order valence-corrected chi connectivity index (χ1v) is 10.4. The van der Waals surface area contributed by atoms with E-state index < -0.39 is 0 Å². The second-order valence-electron chi connectivity index (χ2n) is 8.45. The van der Waals surface area contributed by atoms with Gasteiger partial charge in [-0.15, -0.1) is 0 Å². The molecule has 1 amide bonds. The quantitative estimate of drug-likeness (QED) is 0.871. The summed E-state index contributed by atoms with van der Waals surface area (Å²) in [5.74, 6) is 1.27. The molecule has 0 spiro atoms. The van der Waals surface area contributed by atoms with E-state index in [1.165, 1.54) is 22.3 Å². The molecule has 0 radical (unpaired) electrons. The van der Waals surface area contributed by atoms with Crippen LogP contribution in [0.2, 0.25) is 0 Å². The van der Waals surface area contributed by atoms with Gasteiger partial charge in [-0.3, -0.25) is 9.69 Å². The fourth-order valence-corrected chi connectivity index (χ4v) is 5.14. The number of likely N-dealkylation sites (tertiary alicyclic amines) is 2. The number of aryl methyl sites for hydroxylation is 1. The zero-order chi connectivity index (χ0) is 19.7. The minimum Gasteiger partial charge on any atom is -0.335 e. The van der Waals surface area contributed by atoms with Crippen molar-refractivity contribution < 1.29 is 4.79 Å². The van der Waals surface area contributed by atoms with E-state index in [1.54, 1.807) is 6.92 Å². The van der Waals surface area contributed by atoms with E-state index in [9.17, 15) is 4.79 Å². The van der Waals surface area contributed by atoms with Crippen molar-refractivity contribution in [2.24, 2.45) is 17.6 Å². The third kappa shape index (κ3) is 3.71. The van der Waals surface area contributed by atoms with Gasteiger partial charge in [-0.25, -0.2) is 0 Å². The summed E-state index contributed by atoms with van der Waals surface area (Å²) in [5, 5.41) is 0. The van der Waals surface area contributed by atoms with Gasteiger partial charge in [0.15, 0.2) is 0 Å². The van der Waals surface area contributed by atoms with E-state index in [-0.39, 0.29) is 11.9 Å². The predicted octanol–water partition coefficient (Wildman–Crippen LogP) is 3.15. The SMILES string of the molecule is CC(=O)N1C[C@H]2CN(Cc3ccc(CCN)cc3)C[C@H]2[C@@H]1c1ccccc1C. The lowest BCUT2D eigenvalue weighted by atomic mass is 9.87.